The van der Waals surface area contributed by atoms with Crippen LogP contribution in [0.25, 0.3) is 0 Å². The quantitative estimate of drug-likeness (QED) is 0.861. The van der Waals surface area contributed by atoms with E-state index in [1.807, 2.05) is 24.3 Å². The molecule has 0 bridgehead atoms. The molecule has 3 rings (SSSR count). The molecule has 2 aromatic rings. The first kappa shape index (κ1) is 16.1. The summed E-state index contributed by atoms with van der Waals surface area (Å²) in [5.74, 6) is 0. The Bertz CT molecular complexity index is 706. The first-order valence-corrected chi connectivity index (χ1v) is 8.09. The van der Waals surface area contributed by atoms with Crippen LogP contribution in [-0.2, 0) is 13.1 Å². The maximum absolute atomic E-state index is 12.2. The summed E-state index contributed by atoms with van der Waals surface area (Å²) < 4.78 is 0. The Morgan fingerprint density at radius 2 is 1.92 bits per heavy atom. The summed E-state index contributed by atoms with van der Waals surface area (Å²) in [6, 6.07) is 12.1. The molecule has 2 heterocycles. The zero-order chi connectivity index (χ0) is 16.8. The van der Waals surface area contributed by atoms with Gasteiger partial charge in [-0.15, -0.1) is 0 Å². The van der Waals surface area contributed by atoms with Gasteiger partial charge < -0.3 is 15.1 Å². The molecule has 0 radical (unpaired) electrons. The first-order chi connectivity index (χ1) is 11.7. The van der Waals surface area contributed by atoms with Crippen molar-refractivity contribution in [2.45, 2.75) is 13.1 Å². The Labute approximate surface area is 142 Å². The molecule has 1 aliphatic rings. The average Bonchev–Trinajstić information content (AvgIpc) is 3.15. The largest absolute Gasteiger partial charge is 0.364 e. The number of aromatic nitrogens is 1. The van der Waals surface area contributed by atoms with Crippen molar-refractivity contribution >= 4 is 11.7 Å². The molecule has 124 valence electrons. The zero-order valence-electron chi connectivity index (χ0n) is 13.9. The van der Waals surface area contributed by atoms with Crippen LogP contribution < -0.4 is 10.2 Å². The molecular weight excluding hydrogens is 300 g/mol. The molecular formula is C19H22N4O. The second kappa shape index (κ2) is 7.64. The average molecular weight is 322 g/mol. The minimum atomic E-state index is -0.0833. The maximum atomic E-state index is 12.2. The second-order valence-corrected chi connectivity index (χ2v) is 5.92. The number of nitrogens with zero attached hydrogens (tertiary/aromatic N) is 3. The Morgan fingerprint density at radius 1 is 1.17 bits per heavy atom. The molecule has 0 atom stereocenters. The topological polar surface area (TPSA) is 48.5 Å². The van der Waals surface area contributed by atoms with Crippen molar-refractivity contribution in [3.8, 4) is 0 Å². The molecule has 0 saturated heterocycles. The summed E-state index contributed by atoms with van der Waals surface area (Å²) in [4.78, 5) is 20.2. The van der Waals surface area contributed by atoms with Crippen LogP contribution in [0.2, 0.25) is 0 Å². The van der Waals surface area contributed by atoms with Crippen LogP contribution in [0.4, 0.5) is 10.5 Å². The third kappa shape index (κ3) is 4.13. The molecule has 0 saturated carbocycles. The summed E-state index contributed by atoms with van der Waals surface area (Å²) in [5, 5.41) is 2.97. The number of nitrogens with one attached hydrogen (secondary N) is 1. The van der Waals surface area contributed by atoms with Gasteiger partial charge >= 0.3 is 6.03 Å². The number of carbonyl (C=O) groups excluding carboxylic acids is 1. The van der Waals surface area contributed by atoms with Gasteiger partial charge in [0.05, 0.1) is 0 Å². The number of amides is 2. The fourth-order valence-electron chi connectivity index (χ4n) is 2.70. The highest BCUT2D eigenvalue weighted by Crippen LogP contribution is 2.18. The molecule has 24 heavy (non-hydrogen) atoms. The maximum Gasteiger partial charge on any atom is 0.317 e. The van der Waals surface area contributed by atoms with Gasteiger partial charge in [-0.2, -0.15) is 0 Å². The van der Waals surface area contributed by atoms with Crippen molar-refractivity contribution < 1.29 is 4.79 Å². The van der Waals surface area contributed by atoms with Crippen LogP contribution in [-0.4, -0.2) is 36.1 Å². The van der Waals surface area contributed by atoms with Gasteiger partial charge in [0.15, 0.2) is 0 Å². The molecule has 0 spiro atoms. The van der Waals surface area contributed by atoms with E-state index in [4.69, 9.17) is 0 Å². The molecule has 2 amide bonds. The summed E-state index contributed by atoms with van der Waals surface area (Å²) in [6.07, 6.45) is 7.81. The van der Waals surface area contributed by atoms with E-state index in [2.05, 4.69) is 39.5 Å². The SMILES string of the molecule is CN(Cc1ccncc1)C(=O)NCc1cccc(N2CC=CC2)c1. The van der Waals surface area contributed by atoms with Gasteiger partial charge in [-0.05, 0) is 35.4 Å². The van der Waals surface area contributed by atoms with Crippen LogP contribution in [0.5, 0.6) is 0 Å². The predicted molar refractivity (Wildman–Crippen MR) is 95.7 cm³/mol. The van der Waals surface area contributed by atoms with Gasteiger partial charge in [0.1, 0.15) is 0 Å². The Hall–Kier alpha value is -2.82. The van der Waals surface area contributed by atoms with Gasteiger partial charge in [0.2, 0.25) is 0 Å². The van der Waals surface area contributed by atoms with E-state index in [0.29, 0.717) is 13.1 Å². The lowest BCUT2D eigenvalue weighted by atomic mass is 10.2. The fraction of sp³-hybridized carbons (Fsp3) is 0.263. The number of urea groups is 1. The number of hydrogen-bond acceptors (Lipinski definition) is 3. The molecule has 0 fully saturated rings. The first-order valence-electron chi connectivity index (χ1n) is 8.09. The van der Waals surface area contributed by atoms with E-state index in [9.17, 15) is 4.79 Å². The summed E-state index contributed by atoms with van der Waals surface area (Å²) >= 11 is 0. The van der Waals surface area contributed by atoms with E-state index >= 15 is 0 Å². The Morgan fingerprint density at radius 3 is 2.67 bits per heavy atom. The van der Waals surface area contributed by atoms with Crippen LogP contribution in [0.1, 0.15) is 11.1 Å². The molecule has 1 aromatic carbocycles. The van der Waals surface area contributed by atoms with E-state index in [1.54, 1.807) is 24.3 Å². The van der Waals surface area contributed by atoms with Crippen molar-refractivity contribution in [3.63, 3.8) is 0 Å². The highest BCUT2D eigenvalue weighted by atomic mass is 16.2. The van der Waals surface area contributed by atoms with E-state index < -0.39 is 0 Å². The fourth-order valence-corrected chi connectivity index (χ4v) is 2.70. The lowest BCUT2D eigenvalue weighted by Crippen LogP contribution is -2.36. The number of rotatable bonds is 5. The Balaban J connectivity index is 1.53. The lowest BCUT2D eigenvalue weighted by Gasteiger charge is -2.20. The van der Waals surface area contributed by atoms with E-state index in [-0.39, 0.29) is 6.03 Å². The monoisotopic (exact) mass is 322 g/mol. The zero-order valence-corrected chi connectivity index (χ0v) is 13.9. The summed E-state index contributed by atoms with van der Waals surface area (Å²) in [7, 11) is 1.79. The summed E-state index contributed by atoms with van der Waals surface area (Å²) in [5.41, 5.74) is 3.35. The smallest absolute Gasteiger partial charge is 0.317 e. The minimum absolute atomic E-state index is 0.0833. The number of benzene rings is 1. The molecule has 0 unspecified atom stereocenters. The van der Waals surface area contributed by atoms with Crippen molar-refractivity contribution in [1.82, 2.24) is 15.2 Å². The van der Waals surface area contributed by atoms with Crippen molar-refractivity contribution in [1.29, 1.82) is 0 Å². The van der Waals surface area contributed by atoms with Crippen molar-refractivity contribution in [2.75, 3.05) is 25.0 Å². The van der Waals surface area contributed by atoms with Crippen molar-refractivity contribution in [2.24, 2.45) is 0 Å². The van der Waals surface area contributed by atoms with Crippen LogP contribution in [0, 0.1) is 0 Å². The lowest BCUT2D eigenvalue weighted by molar-refractivity contribution is 0.206. The van der Waals surface area contributed by atoms with Gasteiger partial charge in [0, 0.05) is 51.3 Å². The summed E-state index contributed by atoms with van der Waals surface area (Å²) in [6.45, 7) is 2.98. The Kier molecular flexibility index (Phi) is 5.11. The number of carbonyl (C=O) groups is 1. The molecule has 5 nitrogen and oxygen atoms in total. The second-order valence-electron chi connectivity index (χ2n) is 5.92. The van der Waals surface area contributed by atoms with E-state index in [1.165, 1.54) is 5.69 Å². The third-order valence-electron chi connectivity index (χ3n) is 4.05. The molecule has 1 N–H and O–H groups in total. The van der Waals surface area contributed by atoms with Crippen molar-refractivity contribution in [3.05, 3.63) is 72.1 Å². The molecule has 1 aliphatic heterocycles. The van der Waals surface area contributed by atoms with Gasteiger partial charge in [-0.3, -0.25) is 4.98 Å². The number of anilines is 1. The predicted octanol–water partition coefficient (Wildman–Crippen LogP) is 2.80. The number of pyridine rings is 1. The number of hydrogen-bond donors (Lipinski definition) is 1. The van der Waals surface area contributed by atoms with Crippen LogP contribution in [0.3, 0.4) is 0 Å². The minimum Gasteiger partial charge on any atom is -0.364 e. The van der Waals surface area contributed by atoms with Crippen LogP contribution >= 0.6 is 0 Å². The molecule has 1 aromatic heterocycles. The van der Waals surface area contributed by atoms with Crippen LogP contribution in [0.15, 0.2) is 60.9 Å². The molecule has 5 heteroatoms. The molecule has 0 aliphatic carbocycles. The van der Waals surface area contributed by atoms with Gasteiger partial charge in [0.25, 0.3) is 0 Å². The highest BCUT2D eigenvalue weighted by molar-refractivity contribution is 5.73. The standard InChI is InChI=1S/C19H22N4O/c1-22(15-16-7-9-20-10-8-16)19(24)21-14-17-5-4-6-18(13-17)23-11-2-3-12-23/h2-10,13H,11-12,14-15H2,1H3,(H,21,24). The van der Waals surface area contributed by atoms with Gasteiger partial charge in [-0.25, -0.2) is 4.79 Å². The highest BCUT2D eigenvalue weighted by Gasteiger charge is 2.10. The van der Waals surface area contributed by atoms with Gasteiger partial charge in [-0.1, -0.05) is 24.3 Å². The normalized spacial score (nSPS) is 13.1. The third-order valence-corrected chi connectivity index (χ3v) is 4.05. The van der Waals surface area contributed by atoms with E-state index in [0.717, 1.165) is 24.2 Å².